The molecule has 0 saturated heterocycles. The lowest BCUT2D eigenvalue weighted by atomic mass is 9.74. The Hall–Kier alpha value is -1.82. The zero-order valence-electron chi connectivity index (χ0n) is 14.3. The molecule has 0 spiro atoms. The molecule has 1 fully saturated rings. The molecule has 0 unspecified atom stereocenters. The summed E-state index contributed by atoms with van der Waals surface area (Å²) in [6, 6.07) is 8.86. The zero-order valence-corrected chi connectivity index (χ0v) is 14.3. The predicted molar refractivity (Wildman–Crippen MR) is 92.3 cm³/mol. The minimum Gasteiger partial charge on any atom is -0.311 e. The number of carbonyl (C=O) groups is 1. The quantitative estimate of drug-likeness (QED) is 0.803. The minimum absolute atomic E-state index is 0.0398. The molecule has 0 aromatic heterocycles. The van der Waals surface area contributed by atoms with Gasteiger partial charge in [-0.3, -0.25) is 4.79 Å². The van der Waals surface area contributed by atoms with Crippen LogP contribution < -0.4 is 4.90 Å². The molecule has 1 aromatic rings. The van der Waals surface area contributed by atoms with Crippen LogP contribution in [0.1, 0.15) is 69.4 Å². The van der Waals surface area contributed by atoms with Gasteiger partial charge in [0.05, 0.1) is 6.07 Å². The number of hydrogen-bond donors (Lipinski definition) is 0. The van der Waals surface area contributed by atoms with Crippen molar-refractivity contribution in [1.29, 1.82) is 5.26 Å². The number of aryl methyl sites for hydroxylation is 1. The third-order valence-electron chi connectivity index (χ3n) is 5.46. The summed E-state index contributed by atoms with van der Waals surface area (Å²) in [5.41, 5.74) is 2.83. The van der Waals surface area contributed by atoms with E-state index in [0.29, 0.717) is 5.92 Å². The summed E-state index contributed by atoms with van der Waals surface area (Å²) < 4.78 is 0. The normalized spacial score (nSPS) is 20.0. The van der Waals surface area contributed by atoms with Crippen LogP contribution in [-0.2, 0) is 11.2 Å². The van der Waals surface area contributed by atoms with Crippen molar-refractivity contribution in [3.63, 3.8) is 0 Å². The van der Waals surface area contributed by atoms with Crippen LogP contribution in [0.2, 0.25) is 0 Å². The fourth-order valence-electron chi connectivity index (χ4n) is 3.97. The second kappa shape index (κ2) is 6.35. The van der Waals surface area contributed by atoms with E-state index in [9.17, 15) is 10.1 Å². The predicted octanol–water partition coefficient (Wildman–Crippen LogP) is 4.56. The highest BCUT2D eigenvalue weighted by atomic mass is 16.2. The molecule has 1 aliphatic carbocycles. The van der Waals surface area contributed by atoms with Crippen LogP contribution in [0.3, 0.4) is 0 Å². The Labute approximate surface area is 139 Å². The van der Waals surface area contributed by atoms with E-state index in [1.165, 1.54) is 11.1 Å². The lowest BCUT2D eigenvalue weighted by Gasteiger charge is -2.37. The van der Waals surface area contributed by atoms with Gasteiger partial charge in [0.25, 0.3) is 0 Å². The highest BCUT2D eigenvalue weighted by molar-refractivity contribution is 6.00. The Morgan fingerprint density at radius 1 is 1.22 bits per heavy atom. The molecule has 1 aliphatic heterocycles. The highest BCUT2D eigenvalue weighted by Crippen LogP contribution is 2.40. The van der Waals surface area contributed by atoms with Crippen LogP contribution in [0.15, 0.2) is 18.2 Å². The maximum atomic E-state index is 13.2. The van der Waals surface area contributed by atoms with Crippen molar-refractivity contribution in [3.8, 4) is 6.07 Å². The van der Waals surface area contributed by atoms with Crippen molar-refractivity contribution in [1.82, 2.24) is 0 Å². The maximum absolute atomic E-state index is 13.2. The van der Waals surface area contributed by atoms with Gasteiger partial charge in [-0.25, -0.2) is 0 Å². The largest absolute Gasteiger partial charge is 0.311 e. The van der Waals surface area contributed by atoms with Crippen molar-refractivity contribution in [2.75, 3.05) is 11.4 Å². The molecule has 23 heavy (non-hydrogen) atoms. The molecule has 0 bridgehead atoms. The van der Waals surface area contributed by atoms with Crippen molar-refractivity contribution >= 4 is 11.6 Å². The summed E-state index contributed by atoms with van der Waals surface area (Å²) in [5, 5.41) is 9.71. The molecular weight excluding hydrogens is 284 g/mol. The first-order valence-electron chi connectivity index (χ1n) is 8.93. The van der Waals surface area contributed by atoms with Gasteiger partial charge < -0.3 is 4.90 Å². The molecule has 122 valence electrons. The molecule has 1 heterocycles. The first-order valence-corrected chi connectivity index (χ1v) is 8.93. The number of amides is 1. The van der Waals surface area contributed by atoms with Crippen LogP contribution in [0, 0.1) is 16.7 Å². The molecular formula is C20H26N2O. The average molecular weight is 310 g/mol. The molecule has 0 radical (unpaired) electrons. The molecule has 1 amide bonds. The number of nitrogens with zero attached hydrogens (tertiary/aromatic N) is 2. The number of nitriles is 1. The molecule has 1 saturated carbocycles. The minimum atomic E-state index is -0.788. The van der Waals surface area contributed by atoms with Gasteiger partial charge in [-0.15, -0.1) is 0 Å². The van der Waals surface area contributed by atoms with Crippen molar-refractivity contribution in [2.45, 2.75) is 64.7 Å². The van der Waals surface area contributed by atoms with Gasteiger partial charge in [0.2, 0.25) is 5.91 Å². The zero-order chi connectivity index (χ0) is 16.4. The molecule has 3 rings (SSSR count). The Kier molecular flexibility index (Phi) is 4.43. The van der Waals surface area contributed by atoms with Gasteiger partial charge in [0.1, 0.15) is 5.41 Å². The number of carbonyl (C=O) groups excluding carboxylic acids is 1. The van der Waals surface area contributed by atoms with E-state index in [4.69, 9.17) is 0 Å². The van der Waals surface area contributed by atoms with Crippen LogP contribution in [0.5, 0.6) is 0 Å². The average Bonchev–Trinajstić information content (AvgIpc) is 2.60. The van der Waals surface area contributed by atoms with Gasteiger partial charge in [-0.2, -0.15) is 5.26 Å². The van der Waals surface area contributed by atoms with E-state index in [2.05, 4.69) is 38.1 Å². The lowest BCUT2D eigenvalue weighted by molar-refractivity contribution is -0.126. The number of rotatable bonds is 2. The van der Waals surface area contributed by atoms with Gasteiger partial charge in [-0.1, -0.05) is 45.2 Å². The smallest absolute Gasteiger partial charge is 0.247 e. The first-order chi connectivity index (χ1) is 11.1. The third-order valence-corrected chi connectivity index (χ3v) is 5.46. The van der Waals surface area contributed by atoms with Crippen LogP contribution >= 0.6 is 0 Å². The van der Waals surface area contributed by atoms with E-state index in [-0.39, 0.29) is 5.91 Å². The Morgan fingerprint density at radius 3 is 2.61 bits per heavy atom. The summed E-state index contributed by atoms with van der Waals surface area (Å²) in [7, 11) is 0. The summed E-state index contributed by atoms with van der Waals surface area (Å²) in [4.78, 5) is 15.1. The third kappa shape index (κ3) is 2.87. The summed E-state index contributed by atoms with van der Waals surface area (Å²) in [6.45, 7) is 5.14. The van der Waals surface area contributed by atoms with Gasteiger partial charge in [0.15, 0.2) is 0 Å². The van der Waals surface area contributed by atoms with E-state index in [0.717, 1.165) is 57.2 Å². The van der Waals surface area contributed by atoms with Gasteiger partial charge >= 0.3 is 0 Å². The Morgan fingerprint density at radius 2 is 1.96 bits per heavy atom. The first kappa shape index (κ1) is 16.1. The molecule has 3 nitrogen and oxygen atoms in total. The number of benzene rings is 1. The lowest BCUT2D eigenvalue weighted by Crippen LogP contribution is -2.46. The molecule has 0 atom stereocenters. The summed E-state index contributed by atoms with van der Waals surface area (Å²) in [5.74, 6) is 0.535. The topological polar surface area (TPSA) is 44.1 Å². The Balaban J connectivity index is 1.93. The van der Waals surface area contributed by atoms with Crippen LogP contribution in [0.25, 0.3) is 0 Å². The van der Waals surface area contributed by atoms with Crippen molar-refractivity contribution < 1.29 is 4.79 Å². The van der Waals surface area contributed by atoms with Crippen molar-refractivity contribution in [2.24, 2.45) is 5.41 Å². The number of anilines is 1. The Bertz CT molecular complexity index is 636. The summed E-state index contributed by atoms with van der Waals surface area (Å²) in [6.07, 6.45) is 6.58. The standard InChI is InChI=1S/C20H26N2O/c1-15(2)16-8-9-18-17(13-16)7-6-12-22(18)19(23)20(14-21)10-4-3-5-11-20/h8-9,13,15H,3-7,10-12H2,1-2H3. The van der Waals surface area contributed by atoms with E-state index in [1.54, 1.807) is 0 Å². The second-order valence-corrected chi connectivity index (χ2v) is 7.36. The van der Waals surface area contributed by atoms with Crippen LogP contribution in [0.4, 0.5) is 5.69 Å². The van der Waals surface area contributed by atoms with E-state index < -0.39 is 5.41 Å². The maximum Gasteiger partial charge on any atom is 0.247 e. The van der Waals surface area contributed by atoms with Crippen molar-refractivity contribution in [3.05, 3.63) is 29.3 Å². The monoisotopic (exact) mass is 310 g/mol. The SMILES string of the molecule is CC(C)c1ccc2c(c1)CCCN2C(=O)C1(C#N)CCCCC1. The van der Waals surface area contributed by atoms with E-state index >= 15 is 0 Å². The molecule has 3 heteroatoms. The van der Waals surface area contributed by atoms with E-state index in [1.807, 2.05) is 4.90 Å². The van der Waals surface area contributed by atoms with Gasteiger partial charge in [0, 0.05) is 12.2 Å². The molecule has 1 aromatic carbocycles. The summed E-state index contributed by atoms with van der Waals surface area (Å²) >= 11 is 0. The van der Waals surface area contributed by atoms with Gasteiger partial charge in [-0.05, 0) is 48.8 Å². The molecule has 0 N–H and O–H groups in total. The fourth-order valence-corrected chi connectivity index (χ4v) is 3.97. The second-order valence-electron chi connectivity index (χ2n) is 7.36. The van der Waals surface area contributed by atoms with Crippen LogP contribution in [-0.4, -0.2) is 12.5 Å². The highest BCUT2D eigenvalue weighted by Gasteiger charge is 2.43. The fraction of sp³-hybridized carbons (Fsp3) is 0.600. The molecule has 2 aliphatic rings. The number of fused-ring (bicyclic) bond motifs is 1. The number of hydrogen-bond acceptors (Lipinski definition) is 2.